The summed E-state index contributed by atoms with van der Waals surface area (Å²) in [7, 11) is -3.87. The first-order chi connectivity index (χ1) is 20.0. The molecule has 9 heteroatoms. The number of carbonyl (C=O) groups excluding carboxylic acids is 2. The quantitative estimate of drug-likeness (QED) is 0.297. The molecule has 7 nitrogen and oxygen atoms in total. The lowest BCUT2D eigenvalue weighted by atomic mass is 9.94. The molecule has 0 aromatic heterocycles. The van der Waals surface area contributed by atoms with Gasteiger partial charge in [0, 0.05) is 24.0 Å². The number of aryl methyl sites for hydroxylation is 1. The summed E-state index contributed by atoms with van der Waals surface area (Å²) >= 11 is 6.33. The van der Waals surface area contributed by atoms with Crippen molar-refractivity contribution in [2.75, 3.05) is 17.1 Å². The van der Waals surface area contributed by atoms with Crippen molar-refractivity contribution in [3.63, 3.8) is 0 Å². The molecule has 1 aliphatic rings. The third kappa shape index (κ3) is 8.35. The molecule has 0 spiro atoms. The van der Waals surface area contributed by atoms with Gasteiger partial charge in [-0.2, -0.15) is 0 Å². The number of carbonyl (C=O) groups is 2. The average Bonchev–Trinajstić information content (AvgIpc) is 2.95. The summed E-state index contributed by atoms with van der Waals surface area (Å²) in [5.74, 6) is -0.697. The largest absolute Gasteiger partial charge is 0.352 e. The Bertz CT molecular complexity index is 1490. The number of nitrogens with one attached hydrogen (secondary N) is 1. The van der Waals surface area contributed by atoms with Gasteiger partial charge in [-0.15, -0.1) is 0 Å². The Balaban J connectivity index is 1.74. The molecule has 0 aliphatic heterocycles. The maximum Gasteiger partial charge on any atom is 0.244 e. The minimum atomic E-state index is -3.87. The van der Waals surface area contributed by atoms with Gasteiger partial charge < -0.3 is 10.2 Å². The van der Waals surface area contributed by atoms with Crippen LogP contribution in [-0.2, 0) is 32.6 Å². The van der Waals surface area contributed by atoms with E-state index in [4.69, 9.17) is 11.6 Å². The Hall–Kier alpha value is -3.36. The van der Waals surface area contributed by atoms with Crippen molar-refractivity contribution in [2.24, 2.45) is 0 Å². The van der Waals surface area contributed by atoms with Gasteiger partial charge in [0.25, 0.3) is 0 Å². The van der Waals surface area contributed by atoms with Crippen LogP contribution in [0.2, 0.25) is 5.02 Å². The SMILES string of the molecule is Cc1cccc(CN(C(=O)CN(c2cccc(Cl)c2C)S(C)(=O)=O)[C@H](Cc2ccccc2)C(=O)NC2CCCCC2)c1. The molecule has 0 bridgehead atoms. The summed E-state index contributed by atoms with van der Waals surface area (Å²) in [4.78, 5) is 29.8. The van der Waals surface area contributed by atoms with E-state index in [1.165, 1.54) is 4.90 Å². The van der Waals surface area contributed by atoms with E-state index in [2.05, 4.69) is 5.32 Å². The molecule has 42 heavy (non-hydrogen) atoms. The van der Waals surface area contributed by atoms with Crippen molar-refractivity contribution < 1.29 is 18.0 Å². The Labute approximate surface area is 254 Å². The van der Waals surface area contributed by atoms with Crippen molar-refractivity contribution in [2.45, 2.75) is 71.0 Å². The predicted molar refractivity (Wildman–Crippen MR) is 169 cm³/mol. The van der Waals surface area contributed by atoms with E-state index in [1.807, 2.05) is 61.5 Å². The van der Waals surface area contributed by atoms with Crippen LogP contribution in [0.5, 0.6) is 0 Å². The number of nitrogens with zero attached hydrogens (tertiary/aromatic N) is 2. The van der Waals surface area contributed by atoms with E-state index in [0.717, 1.165) is 59.4 Å². The number of hydrogen-bond acceptors (Lipinski definition) is 4. The van der Waals surface area contributed by atoms with E-state index in [0.29, 0.717) is 22.7 Å². The maximum atomic E-state index is 14.3. The van der Waals surface area contributed by atoms with Crippen LogP contribution in [0, 0.1) is 13.8 Å². The van der Waals surface area contributed by atoms with Crippen molar-refractivity contribution >= 4 is 39.1 Å². The highest BCUT2D eigenvalue weighted by molar-refractivity contribution is 7.92. The number of rotatable bonds is 11. The van der Waals surface area contributed by atoms with E-state index in [9.17, 15) is 18.0 Å². The fourth-order valence-electron chi connectivity index (χ4n) is 5.57. The molecule has 1 aliphatic carbocycles. The lowest BCUT2D eigenvalue weighted by molar-refractivity contribution is -0.140. The van der Waals surface area contributed by atoms with Gasteiger partial charge in [-0.25, -0.2) is 8.42 Å². The molecule has 3 aromatic rings. The van der Waals surface area contributed by atoms with E-state index < -0.39 is 28.5 Å². The number of benzene rings is 3. The molecule has 0 heterocycles. The zero-order valence-corrected chi connectivity index (χ0v) is 26.1. The third-order valence-electron chi connectivity index (χ3n) is 7.85. The Kier molecular flexibility index (Phi) is 10.7. The maximum absolute atomic E-state index is 14.3. The second-order valence-electron chi connectivity index (χ2n) is 11.2. The lowest BCUT2D eigenvalue weighted by Crippen LogP contribution is -2.55. The minimum Gasteiger partial charge on any atom is -0.352 e. The van der Waals surface area contributed by atoms with E-state index in [1.54, 1.807) is 25.1 Å². The van der Waals surface area contributed by atoms with Gasteiger partial charge in [0.1, 0.15) is 12.6 Å². The van der Waals surface area contributed by atoms with Crippen molar-refractivity contribution in [1.82, 2.24) is 10.2 Å². The molecular weight excluding hydrogens is 570 g/mol. The van der Waals surface area contributed by atoms with E-state index in [-0.39, 0.29) is 18.5 Å². The topological polar surface area (TPSA) is 86.8 Å². The molecular formula is C33H40ClN3O4S. The second kappa shape index (κ2) is 14.2. The van der Waals surface area contributed by atoms with Crippen molar-refractivity contribution in [3.8, 4) is 0 Å². The first-order valence-electron chi connectivity index (χ1n) is 14.4. The Morgan fingerprint density at radius 1 is 0.929 bits per heavy atom. The molecule has 3 aromatic carbocycles. The highest BCUT2D eigenvalue weighted by Gasteiger charge is 2.34. The predicted octanol–water partition coefficient (Wildman–Crippen LogP) is 5.81. The molecule has 2 amide bonds. The summed E-state index contributed by atoms with van der Waals surface area (Å²) in [6, 6.07) is 21.6. The Morgan fingerprint density at radius 2 is 1.60 bits per heavy atom. The molecule has 1 saturated carbocycles. The number of sulfonamides is 1. The summed E-state index contributed by atoms with van der Waals surface area (Å²) < 4.78 is 27.2. The van der Waals surface area contributed by atoms with Crippen LogP contribution in [0.1, 0.15) is 54.4 Å². The molecule has 1 atom stereocenters. The van der Waals surface area contributed by atoms with E-state index >= 15 is 0 Å². The van der Waals surface area contributed by atoms with Crippen LogP contribution in [0.4, 0.5) is 5.69 Å². The van der Waals surface area contributed by atoms with Crippen molar-refractivity contribution in [3.05, 3.63) is 100 Å². The summed E-state index contributed by atoms with van der Waals surface area (Å²) in [5, 5.41) is 3.62. The standard InChI is InChI=1S/C33H40ClN3O4S/c1-24-12-10-15-27(20-24)22-36(32(38)23-37(42(3,40)41)30-19-11-18-29(34)25(30)2)31(21-26-13-6-4-7-14-26)33(39)35-28-16-8-5-9-17-28/h4,6-7,10-15,18-20,28,31H,5,8-9,16-17,21-23H2,1-3H3,(H,35,39)/t31-/m1/s1. The molecule has 0 saturated heterocycles. The monoisotopic (exact) mass is 609 g/mol. The van der Waals surface area contributed by atoms with Crippen LogP contribution >= 0.6 is 11.6 Å². The average molecular weight is 610 g/mol. The third-order valence-corrected chi connectivity index (χ3v) is 9.38. The van der Waals surface area contributed by atoms with Gasteiger partial charge in [-0.1, -0.05) is 97.1 Å². The van der Waals surface area contributed by atoms with Crippen LogP contribution in [0.25, 0.3) is 0 Å². The first kappa shape index (κ1) is 31.6. The van der Waals surface area contributed by atoms with Gasteiger partial charge >= 0.3 is 0 Å². The number of halogens is 1. The number of amides is 2. The van der Waals surface area contributed by atoms with Crippen molar-refractivity contribution in [1.29, 1.82) is 0 Å². The zero-order valence-electron chi connectivity index (χ0n) is 24.6. The normalized spacial score (nSPS) is 14.7. The summed E-state index contributed by atoms with van der Waals surface area (Å²) in [5.41, 5.74) is 3.68. The van der Waals surface area contributed by atoms with Gasteiger partial charge in [0.2, 0.25) is 21.8 Å². The van der Waals surface area contributed by atoms with Gasteiger partial charge in [-0.3, -0.25) is 13.9 Å². The van der Waals surface area contributed by atoms with Crippen LogP contribution in [0.15, 0.2) is 72.8 Å². The second-order valence-corrected chi connectivity index (χ2v) is 13.5. The smallest absolute Gasteiger partial charge is 0.244 e. The van der Waals surface area contributed by atoms with Crippen LogP contribution in [-0.4, -0.2) is 50.0 Å². The molecule has 224 valence electrons. The Morgan fingerprint density at radius 3 is 2.26 bits per heavy atom. The zero-order chi connectivity index (χ0) is 30.3. The van der Waals surface area contributed by atoms with Gasteiger partial charge in [-0.05, 0) is 55.5 Å². The highest BCUT2D eigenvalue weighted by Crippen LogP contribution is 2.29. The number of anilines is 1. The fourth-order valence-corrected chi connectivity index (χ4v) is 6.64. The molecule has 1 N–H and O–H groups in total. The minimum absolute atomic E-state index is 0.0575. The van der Waals surface area contributed by atoms with Gasteiger partial charge in [0.05, 0.1) is 11.9 Å². The van der Waals surface area contributed by atoms with Gasteiger partial charge in [0.15, 0.2) is 0 Å². The van der Waals surface area contributed by atoms with Crippen LogP contribution in [0.3, 0.4) is 0 Å². The molecule has 0 unspecified atom stereocenters. The molecule has 0 radical (unpaired) electrons. The first-order valence-corrected chi connectivity index (χ1v) is 16.7. The number of hydrogen-bond donors (Lipinski definition) is 1. The molecule has 4 rings (SSSR count). The lowest BCUT2D eigenvalue weighted by Gasteiger charge is -2.35. The summed E-state index contributed by atoms with van der Waals surface area (Å²) in [6.07, 6.45) is 6.46. The fraction of sp³-hybridized carbons (Fsp3) is 0.394. The highest BCUT2D eigenvalue weighted by atomic mass is 35.5. The molecule has 1 fully saturated rings. The van der Waals surface area contributed by atoms with Crippen LogP contribution < -0.4 is 9.62 Å². The summed E-state index contributed by atoms with van der Waals surface area (Å²) in [6.45, 7) is 3.39.